The van der Waals surface area contributed by atoms with E-state index in [4.69, 9.17) is 9.47 Å². The van der Waals surface area contributed by atoms with Crippen LogP contribution in [0.4, 0.5) is 0 Å². The van der Waals surface area contributed by atoms with E-state index in [1.54, 1.807) is 13.2 Å². The summed E-state index contributed by atoms with van der Waals surface area (Å²) < 4.78 is 10.9. The molecule has 0 saturated carbocycles. The van der Waals surface area contributed by atoms with Gasteiger partial charge in [-0.3, -0.25) is 9.59 Å². The Balaban J connectivity index is 2.00. The number of benzene rings is 2. The first kappa shape index (κ1) is 20.3. The molecule has 0 fully saturated rings. The second-order valence-electron chi connectivity index (χ2n) is 6.16. The molecule has 0 spiro atoms. The van der Waals surface area contributed by atoms with E-state index in [1.807, 2.05) is 57.2 Å². The molecular formula is C21H26N2O4. The molecule has 2 N–H and O–H groups in total. The maximum absolute atomic E-state index is 12.3. The lowest BCUT2D eigenvalue weighted by Gasteiger charge is -2.18. The maximum atomic E-state index is 12.3. The molecule has 0 aliphatic carbocycles. The molecule has 0 heterocycles. The summed E-state index contributed by atoms with van der Waals surface area (Å²) in [5, 5.41) is 5.34. The van der Waals surface area contributed by atoms with Crippen LogP contribution in [-0.2, 0) is 16.1 Å². The number of amides is 2. The zero-order chi connectivity index (χ0) is 19.8. The van der Waals surface area contributed by atoms with Crippen LogP contribution >= 0.6 is 0 Å². The fourth-order valence-electron chi connectivity index (χ4n) is 2.74. The van der Waals surface area contributed by atoms with E-state index in [-0.39, 0.29) is 12.6 Å². The monoisotopic (exact) mass is 370 g/mol. The largest absolute Gasteiger partial charge is 0.496 e. The lowest BCUT2D eigenvalue weighted by atomic mass is 10.0. The van der Waals surface area contributed by atoms with Gasteiger partial charge in [-0.1, -0.05) is 35.9 Å². The topological polar surface area (TPSA) is 76.7 Å². The van der Waals surface area contributed by atoms with Crippen molar-refractivity contribution < 1.29 is 19.1 Å². The molecule has 6 nitrogen and oxygen atoms in total. The molecule has 2 rings (SSSR count). The predicted molar refractivity (Wildman–Crippen MR) is 104 cm³/mol. The van der Waals surface area contributed by atoms with E-state index in [1.165, 1.54) is 0 Å². The summed E-state index contributed by atoms with van der Waals surface area (Å²) in [4.78, 5) is 24.4. The van der Waals surface area contributed by atoms with Crippen molar-refractivity contribution in [3.63, 3.8) is 0 Å². The first-order valence-electron chi connectivity index (χ1n) is 8.90. The van der Waals surface area contributed by atoms with Crippen molar-refractivity contribution in [3.8, 4) is 11.5 Å². The molecule has 27 heavy (non-hydrogen) atoms. The van der Waals surface area contributed by atoms with Gasteiger partial charge in [0.2, 0.25) is 0 Å². The number of aryl methyl sites for hydroxylation is 1. The average molecular weight is 370 g/mol. The van der Waals surface area contributed by atoms with Crippen molar-refractivity contribution in [2.45, 2.75) is 33.4 Å². The number of carbonyl (C=O) groups excluding carboxylic acids is 2. The first-order chi connectivity index (χ1) is 13.0. The minimum Gasteiger partial charge on any atom is -0.496 e. The molecule has 2 aromatic carbocycles. The third-order valence-corrected chi connectivity index (χ3v) is 4.12. The van der Waals surface area contributed by atoms with Crippen LogP contribution in [0.3, 0.4) is 0 Å². The minimum atomic E-state index is -0.696. The fraction of sp³-hybridized carbons (Fsp3) is 0.333. The van der Waals surface area contributed by atoms with Crippen LogP contribution < -0.4 is 20.1 Å². The summed E-state index contributed by atoms with van der Waals surface area (Å²) in [5.41, 5.74) is 2.68. The van der Waals surface area contributed by atoms with Gasteiger partial charge in [0, 0.05) is 17.7 Å². The van der Waals surface area contributed by atoms with Crippen molar-refractivity contribution >= 4 is 11.8 Å². The lowest BCUT2D eigenvalue weighted by molar-refractivity contribution is -0.139. The molecule has 2 amide bonds. The number of carbonyl (C=O) groups is 2. The van der Waals surface area contributed by atoms with Crippen molar-refractivity contribution in [1.29, 1.82) is 0 Å². The van der Waals surface area contributed by atoms with Crippen molar-refractivity contribution in [1.82, 2.24) is 10.6 Å². The number of hydrogen-bond donors (Lipinski definition) is 2. The maximum Gasteiger partial charge on any atom is 0.309 e. The number of ether oxygens (including phenoxy) is 2. The molecule has 144 valence electrons. The zero-order valence-corrected chi connectivity index (χ0v) is 16.2. The Kier molecular flexibility index (Phi) is 7.23. The summed E-state index contributed by atoms with van der Waals surface area (Å²) in [7, 11) is 1.56. The van der Waals surface area contributed by atoms with Gasteiger partial charge in [-0.25, -0.2) is 0 Å². The van der Waals surface area contributed by atoms with Crippen LogP contribution in [0, 0.1) is 6.92 Å². The van der Waals surface area contributed by atoms with Crippen LogP contribution in [-0.4, -0.2) is 25.5 Å². The molecule has 2 aromatic rings. The molecular weight excluding hydrogens is 344 g/mol. The average Bonchev–Trinajstić information content (AvgIpc) is 2.67. The first-order valence-corrected chi connectivity index (χ1v) is 8.90. The van der Waals surface area contributed by atoms with E-state index in [0.717, 1.165) is 16.7 Å². The SMILES string of the molecule is CCOc1ccc(C)cc1C(C)NC(=O)C(=O)NCc1ccccc1OC. The van der Waals surface area contributed by atoms with Gasteiger partial charge in [-0.15, -0.1) is 0 Å². The third kappa shape index (κ3) is 5.48. The quantitative estimate of drug-likeness (QED) is 0.735. The Labute approximate surface area is 159 Å². The van der Waals surface area contributed by atoms with Gasteiger partial charge in [0.1, 0.15) is 11.5 Å². The molecule has 0 saturated heterocycles. The van der Waals surface area contributed by atoms with E-state index in [2.05, 4.69) is 10.6 Å². The molecule has 6 heteroatoms. The Morgan fingerprint density at radius 2 is 1.81 bits per heavy atom. The predicted octanol–water partition coefficient (Wildman–Crippen LogP) is 2.90. The number of hydrogen-bond acceptors (Lipinski definition) is 4. The highest BCUT2D eigenvalue weighted by Gasteiger charge is 2.19. The van der Waals surface area contributed by atoms with Gasteiger partial charge in [-0.05, 0) is 32.9 Å². The van der Waals surface area contributed by atoms with E-state index < -0.39 is 11.8 Å². The lowest BCUT2D eigenvalue weighted by Crippen LogP contribution is -2.40. The van der Waals surface area contributed by atoms with Gasteiger partial charge < -0.3 is 20.1 Å². The Bertz CT molecular complexity index is 805. The second kappa shape index (κ2) is 9.62. The zero-order valence-electron chi connectivity index (χ0n) is 16.2. The third-order valence-electron chi connectivity index (χ3n) is 4.12. The van der Waals surface area contributed by atoms with E-state index in [0.29, 0.717) is 18.1 Å². The molecule has 1 unspecified atom stereocenters. The highest BCUT2D eigenvalue weighted by atomic mass is 16.5. The van der Waals surface area contributed by atoms with Crippen molar-refractivity contribution in [2.24, 2.45) is 0 Å². The van der Waals surface area contributed by atoms with Crippen LogP contribution in [0.2, 0.25) is 0 Å². The summed E-state index contributed by atoms with van der Waals surface area (Å²) in [6.45, 7) is 6.42. The van der Waals surface area contributed by atoms with Gasteiger partial charge in [0.15, 0.2) is 0 Å². The number of nitrogens with one attached hydrogen (secondary N) is 2. The van der Waals surface area contributed by atoms with Crippen LogP contribution in [0.15, 0.2) is 42.5 Å². The van der Waals surface area contributed by atoms with Crippen LogP contribution in [0.1, 0.15) is 36.6 Å². The Hall–Kier alpha value is -3.02. The molecule has 0 aromatic heterocycles. The Morgan fingerprint density at radius 1 is 1.07 bits per heavy atom. The molecule has 0 radical (unpaired) electrons. The molecule has 0 aliphatic heterocycles. The smallest absolute Gasteiger partial charge is 0.309 e. The standard InChI is InChI=1S/C21H26N2O4/c1-5-27-19-11-10-14(2)12-17(19)15(3)23-21(25)20(24)22-13-16-8-6-7-9-18(16)26-4/h6-12,15H,5,13H2,1-4H3,(H,22,24)(H,23,25). The van der Waals surface area contributed by atoms with Gasteiger partial charge in [-0.2, -0.15) is 0 Å². The highest BCUT2D eigenvalue weighted by molar-refractivity contribution is 6.35. The van der Waals surface area contributed by atoms with Crippen molar-refractivity contribution in [3.05, 3.63) is 59.2 Å². The van der Waals surface area contributed by atoms with E-state index in [9.17, 15) is 9.59 Å². The van der Waals surface area contributed by atoms with Gasteiger partial charge in [0.05, 0.1) is 19.8 Å². The molecule has 1 atom stereocenters. The summed E-state index contributed by atoms with van der Waals surface area (Å²) in [5.74, 6) is -0.0299. The van der Waals surface area contributed by atoms with Gasteiger partial charge >= 0.3 is 11.8 Å². The van der Waals surface area contributed by atoms with Crippen LogP contribution in [0.5, 0.6) is 11.5 Å². The van der Waals surface area contributed by atoms with Gasteiger partial charge in [0.25, 0.3) is 0 Å². The number of para-hydroxylation sites is 1. The molecule has 0 bridgehead atoms. The summed E-state index contributed by atoms with van der Waals surface area (Å²) >= 11 is 0. The normalized spacial score (nSPS) is 11.4. The van der Waals surface area contributed by atoms with Crippen molar-refractivity contribution in [2.75, 3.05) is 13.7 Å². The fourth-order valence-corrected chi connectivity index (χ4v) is 2.74. The summed E-state index contributed by atoms with van der Waals surface area (Å²) in [6, 6.07) is 12.7. The molecule has 0 aliphatic rings. The Morgan fingerprint density at radius 3 is 2.52 bits per heavy atom. The number of rotatable bonds is 7. The number of methoxy groups -OCH3 is 1. The second-order valence-corrected chi connectivity index (χ2v) is 6.16. The minimum absolute atomic E-state index is 0.208. The highest BCUT2D eigenvalue weighted by Crippen LogP contribution is 2.26. The van der Waals surface area contributed by atoms with Crippen LogP contribution in [0.25, 0.3) is 0 Å². The summed E-state index contributed by atoms with van der Waals surface area (Å²) in [6.07, 6.45) is 0. The van der Waals surface area contributed by atoms with E-state index >= 15 is 0 Å².